The summed E-state index contributed by atoms with van der Waals surface area (Å²) in [6.45, 7) is -3.22. The highest BCUT2D eigenvalue weighted by molar-refractivity contribution is 7.90. The van der Waals surface area contributed by atoms with Crippen LogP contribution in [-0.2, 0) is 20.4 Å². The fraction of sp³-hybridized carbons (Fsp3) is 0.429. The average Bonchev–Trinajstić information content (AvgIpc) is 3.31. The summed E-state index contributed by atoms with van der Waals surface area (Å²) in [5.41, 5.74) is -1.40. The van der Waals surface area contributed by atoms with E-state index in [0.29, 0.717) is 0 Å². The van der Waals surface area contributed by atoms with Crippen molar-refractivity contribution in [1.82, 2.24) is 10.6 Å². The molecule has 2 N–H and O–H groups in total. The van der Waals surface area contributed by atoms with Crippen molar-refractivity contribution in [1.29, 1.82) is 5.26 Å². The molecule has 0 bridgehead atoms. The molecule has 190 valence electrons. The Hall–Kier alpha value is -2.76. The molecule has 1 aliphatic rings. The predicted octanol–water partition coefficient (Wildman–Crippen LogP) is 3.70. The minimum Gasteiger partial charge on any atom is -0.435 e. The van der Waals surface area contributed by atoms with Gasteiger partial charge in [0.05, 0.1) is 17.6 Å². The summed E-state index contributed by atoms with van der Waals surface area (Å²) in [7, 11) is -4.33. The topological polar surface area (TPSA) is 108 Å². The average molecular weight is 538 g/mol. The minimum atomic E-state index is -4.86. The monoisotopic (exact) mass is 537 g/mol. The third kappa shape index (κ3) is 7.36. The van der Waals surface area contributed by atoms with Crippen LogP contribution in [0.5, 0.6) is 5.75 Å². The number of amides is 1. The van der Waals surface area contributed by atoms with Crippen LogP contribution in [0.15, 0.2) is 41.8 Å². The van der Waals surface area contributed by atoms with Crippen molar-refractivity contribution in [2.45, 2.75) is 49.0 Å². The van der Waals surface area contributed by atoms with Crippen molar-refractivity contribution >= 4 is 27.1 Å². The van der Waals surface area contributed by atoms with Crippen LogP contribution in [0.3, 0.4) is 0 Å². The molecule has 35 heavy (non-hydrogen) atoms. The molecule has 1 aromatic carbocycles. The molecule has 3 rings (SSSR count). The fourth-order valence-corrected chi connectivity index (χ4v) is 5.69. The number of thiophene rings is 1. The largest absolute Gasteiger partial charge is 0.435 e. The van der Waals surface area contributed by atoms with E-state index < -0.39 is 63.4 Å². The zero-order valence-electron chi connectivity index (χ0n) is 17.9. The number of hydrogen-bond donors (Lipinski definition) is 2. The number of hydrogen-bond acceptors (Lipinski definition) is 7. The zero-order chi connectivity index (χ0) is 25.9. The lowest BCUT2D eigenvalue weighted by atomic mass is 10.1. The van der Waals surface area contributed by atoms with Crippen LogP contribution in [0.2, 0.25) is 0 Å². The van der Waals surface area contributed by atoms with E-state index in [4.69, 9.17) is 0 Å². The van der Waals surface area contributed by atoms with Crippen LogP contribution in [-0.4, -0.2) is 44.4 Å². The summed E-state index contributed by atoms with van der Waals surface area (Å²) < 4.78 is 96.9. The first-order valence-electron chi connectivity index (χ1n) is 10.2. The van der Waals surface area contributed by atoms with E-state index in [2.05, 4.69) is 15.4 Å². The van der Waals surface area contributed by atoms with E-state index >= 15 is 0 Å². The number of halogens is 5. The number of ether oxygens (including phenoxy) is 1. The molecule has 0 aliphatic heterocycles. The predicted molar refractivity (Wildman–Crippen MR) is 116 cm³/mol. The summed E-state index contributed by atoms with van der Waals surface area (Å²) in [5, 5.41) is 15.0. The molecule has 14 heteroatoms. The highest BCUT2D eigenvalue weighted by atomic mass is 32.2. The van der Waals surface area contributed by atoms with Gasteiger partial charge < -0.3 is 10.1 Å². The molecule has 7 nitrogen and oxygen atoms in total. The second-order valence-corrected chi connectivity index (χ2v) is 11.0. The van der Waals surface area contributed by atoms with Crippen LogP contribution in [0.25, 0.3) is 0 Å². The lowest BCUT2D eigenvalue weighted by Gasteiger charge is -2.27. The summed E-state index contributed by atoms with van der Waals surface area (Å²) in [5.74, 6) is -3.44. The minimum absolute atomic E-state index is 0.145. The van der Waals surface area contributed by atoms with Gasteiger partial charge in [-0.25, -0.2) is 8.42 Å². The molecule has 0 spiro atoms. The van der Waals surface area contributed by atoms with Gasteiger partial charge in [0.15, 0.2) is 9.84 Å². The van der Waals surface area contributed by atoms with Crippen LogP contribution < -0.4 is 15.4 Å². The molecule has 1 unspecified atom stereocenters. The van der Waals surface area contributed by atoms with Gasteiger partial charge in [-0.2, -0.15) is 27.2 Å². The van der Waals surface area contributed by atoms with Crippen molar-refractivity contribution in [2.24, 2.45) is 0 Å². The molecule has 1 amide bonds. The first-order valence-corrected chi connectivity index (χ1v) is 12.9. The second kappa shape index (κ2) is 10.5. The molecule has 0 saturated heterocycles. The molecule has 1 aliphatic carbocycles. The zero-order valence-corrected chi connectivity index (χ0v) is 19.5. The Morgan fingerprint density at radius 3 is 2.43 bits per heavy atom. The number of rotatable bonds is 11. The molecule has 1 fully saturated rings. The van der Waals surface area contributed by atoms with Gasteiger partial charge in [0.1, 0.15) is 23.4 Å². The lowest BCUT2D eigenvalue weighted by molar-refractivity contribution is -0.159. The number of nitriles is 1. The second-order valence-electron chi connectivity index (χ2n) is 7.93. The number of para-hydroxylation sites is 1. The van der Waals surface area contributed by atoms with Gasteiger partial charge in [0.2, 0.25) is 5.91 Å². The van der Waals surface area contributed by atoms with E-state index in [1.54, 1.807) is 0 Å². The van der Waals surface area contributed by atoms with Gasteiger partial charge in [-0.05, 0) is 30.4 Å². The lowest BCUT2D eigenvalue weighted by Crippen LogP contribution is -2.54. The van der Waals surface area contributed by atoms with Crippen LogP contribution in [0, 0.1) is 11.3 Å². The Bertz CT molecular complexity index is 1180. The van der Waals surface area contributed by atoms with Crippen LogP contribution >= 0.6 is 11.3 Å². The smallest absolute Gasteiger partial charge is 0.408 e. The van der Waals surface area contributed by atoms with Gasteiger partial charge in [-0.1, -0.05) is 24.3 Å². The quantitative estimate of drug-likeness (QED) is 0.424. The summed E-state index contributed by atoms with van der Waals surface area (Å²) >= 11 is 0.766. The highest BCUT2D eigenvalue weighted by Crippen LogP contribution is 2.37. The molecule has 2 aromatic rings. The number of benzene rings is 1. The molecule has 1 saturated carbocycles. The Morgan fingerprint density at radius 2 is 1.89 bits per heavy atom. The fourth-order valence-electron chi connectivity index (χ4n) is 3.29. The van der Waals surface area contributed by atoms with Gasteiger partial charge in [0, 0.05) is 10.4 Å². The van der Waals surface area contributed by atoms with E-state index in [-0.39, 0.29) is 23.3 Å². The van der Waals surface area contributed by atoms with E-state index in [1.165, 1.54) is 35.7 Å². The van der Waals surface area contributed by atoms with Crippen molar-refractivity contribution < 1.29 is 39.9 Å². The van der Waals surface area contributed by atoms with Gasteiger partial charge in [0.25, 0.3) is 0 Å². The van der Waals surface area contributed by atoms with Gasteiger partial charge in [-0.15, -0.1) is 11.3 Å². The van der Waals surface area contributed by atoms with Crippen molar-refractivity contribution in [3.05, 3.63) is 52.2 Å². The molecule has 2 atom stereocenters. The molecule has 0 radical (unpaired) electrons. The van der Waals surface area contributed by atoms with E-state index in [1.807, 2.05) is 6.07 Å². The van der Waals surface area contributed by atoms with Crippen LogP contribution in [0.4, 0.5) is 22.0 Å². The number of carbonyl (C=O) groups is 1. The molecule has 1 heterocycles. The summed E-state index contributed by atoms with van der Waals surface area (Å²) in [4.78, 5) is 12.7. The van der Waals surface area contributed by atoms with E-state index in [9.17, 15) is 40.4 Å². The maximum Gasteiger partial charge on any atom is 0.408 e. The number of carbonyl (C=O) groups excluding carboxylic acids is 1. The first-order chi connectivity index (χ1) is 16.3. The molecular formula is C21H20F5N3O4S2. The summed E-state index contributed by atoms with van der Waals surface area (Å²) in [6, 6.07) is 5.26. The molecular weight excluding hydrogens is 517 g/mol. The van der Waals surface area contributed by atoms with Crippen molar-refractivity contribution in [3.8, 4) is 11.8 Å². The number of sulfone groups is 1. The van der Waals surface area contributed by atoms with Crippen molar-refractivity contribution in [3.63, 3.8) is 0 Å². The van der Waals surface area contributed by atoms with Gasteiger partial charge in [-0.3, -0.25) is 10.1 Å². The Balaban J connectivity index is 1.87. The normalized spacial score (nSPS) is 16.8. The maximum atomic E-state index is 13.8. The molecule has 1 aromatic heterocycles. The SMILES string of the molecule is N#CC1(NC(=O)[C@H](CS(=O)(=O)Cc2ccccc2OC(F)F)NC(c2cccs2)C(F)(F)F)CC1. The Labute approximate surface area is 201 Å². The summed E-state index contributed by atoms with van der Waals surface area (Å²) in [6.07, 6.45) is -4.31. The van der Waals surface area contributed by atoms with Crippen LogP contribution in [0.1, 0.15) is 29.3 Å². The number of nitrogens with one attached hydrogen (secondary N) is 2. The first kappa shape index (κ1) is 26.8. The third-order valence-corrected chi connectivity index (χ3v) is 7.68. The highest BCUT2D eigenvalue weighted by Gasteiger charge is 2.48. The van der Waals surface area contributed by atoms with Gasteiger partial charge >= 0.3 is 12.8 Å². The standard InChI is InChI=1S/C21H20F5N3O4S2/c22-19(23)33-15-5-2-1-4-13(15)10-35(31,32)11-14(18(30)29-20(12-27)7-8-20)28-17(21(24,25)26)16-6-3-9-34-16/h1-6,9,14,17,19,28H,7-8,10-11H2,(H,29,30)/t14-,17?/m0/s1. The van der Waals surface area contributed by atoms with Crippen molar-refractivity contribution in [2.75, 3.05) is 5.75 Å². The number of alkyl halides is 5. The Morgan fingerprint density at radius 1 is 1.20 bits per heavy atom. The number of nitrogens with zero attached hydrogens (tertiary/aromatic N) is 1. The maximum absolute atomic E-state index is 13.8. The van der Waals surface area contributed by atoms with E-state index in [0.717, 1.165) is 17.4 Å². The third-order valence-electron chi connectivity index (χ3n) is 5.15. The Kier molecular flexibility index (Phi) is 8.03.